The second-order valence-electron chi connectivity index (χ2n) is 6.30. The van der Waals surface area contributed by atoms with E-state index in [0.717, 1.165) is 6.26 Å². The fourth-order valence-corrected chi connectivity index (χ4v) is 2.86. The van der Waals surface area contributed by atoms with Gasteiger partial charge in [0.15, 0.2) is 15.6 Å². The van der Waals surface area contributed by atoms with Crippen molar-refractivity contribution >= 4 is 21.7 Å². The van der Waals surface area contributed by atoms with Crippen LogP contribution < -0.4 is 0 Å². The summed E-state index contributed by atoms with van der Waals surface area (Å²) in [5.41, 5.74) is -0.583. The van der Waals surface area contributed by atoms with Gasteiger partial charge in [-0.25, -0.2) is 13.2 Å². The van der Waals surface area contributed by atoms with Crippen LogP contribution in [0.1, 0.15) is 33.6 Å². The fourth-order valence-electron chi connectivity index (χ4n) is 2.11. The van der Waals surface area contributed by atoms with Crippen LogP contribution in [0.15, 0.2) is 0 Å². The average molecular weight is 305 g/mol. The third kappa shape index (κ3) is 5.90. The maximum atomic E-state index is 11.9. The molecular weight excluding hydrogens is 282 g/mol. The number of hydrogen-bond donors (Lipinski definition) is 0. The minimum atomic E-state index is -3.32. The monoisotopic (exact) mass is 305 g/mol. The van der Waals surface area contributed by atoms with Crippen LogP contribution in [-0.4, -0.2) is 55.9 Å². The summed E-state index contributed by atoms with van der Waals surface area (Å²) in [4.78, 5) is 25.3. The third-order valence-electron chi connectivity index (χ3n) is 2.93. The SMILES string of the molecule is CC(C)(C)OC(=O)N1CCC[C@@H](C(=O)CS(C)(=O)=O)C1. The molecule has 1 aliphatic heterocycles. The summed E-state index contributed by atoms with van der Waals surface area (Å²) in [7, 11) is -3.32. The van der Waals surface area contributed by atoms with E-state index in [1.807, 2.05) is 0 Å². The van der Waals surface area contributed by atoms with E-state index in [9.17, 15) is 18.0 Å². The second kappa shape index (κ2) is 6.11. The van der Waals surface area contributed by atoms with Crippen molar-refractivity contribution in [3.8, 4) is 0 Å². The number of carbonyl (C=O) groups is 2. The van der Waals surface area contributed by atoms with Gasteiger partial charge in [0.05, 0.1) is 0 Å². The molecule has 0 radical (unpaired) electrons. The Hall–Kier alpha value is -1.11. The molecule has 0 aromatic heterocycles. The molecule has 116 valence electrons. The summed E-state index contributed by atoms with van der Waals surface area (Å²) in [5.74, 6) is -1.19. The van der Waals surface area contributed by atoms with E-state index in [1.165, 1.54) is 4.90 Å². The molecule has 0 aromatic carbocycles. The van der Waals surface area contributed by atoms with Gasteiger partial charge in [-0.1, -0.05) is 0 Å². The summed E-state index contributed by atoms with van der Waals surface area (Å²) >= 11 is 0. The molecule has 1 atom stereocenters. The minimum absolute atomic E-state index is 0.239. The van der Waals surface area contributed by atoms with Crippen molar-refractivity contribution in [3.63, 3.8) is 0 Å². The van der Waals surface area contributed by atoms with Gasteiger partial charge in [0.2, 0.25) is 0 Å². The maximum absolute atomic E-state index is 11.9. The average Bonchev–Trinajstić information content (AvgIpc) is 2.24. The Labute approximate surface area is 120 Å². The number of carbonyl (C=O) groups excluding carboxylic acids is 2. The number of hydrogen-bond acceptors (Lipinski definition) is 5. The summed E-state index contributed by atoms with van der Waals surface area (Å²) < 4.78 is 27.6. The van der Waals surface area contributed by atoms with Gasteiger partial charge in [0, 0.05) is 25.3 Å². The molecule has 1 amide bonds. The predicted molar refractivity (Wildman–Crippen MR) is 75.2 cm³/mol. The topological polar surface area (TPSA) is 80.8 Å². The second-order valence-corrected chi connectivity index (χ2v) is 8.44. The van der Waals surface area contributed by atoms with Crippen molar-refractivity contribution in [2.24, 2.45) is 5.92 Å². The first-order valence-corrected chi connectivity index (χ1v) is 8.72. The molecule has 0 aliphatic carbocycles. The number of rotatable bonds is 3. The van der Waals surface area contributed by atoms with Gasteiger partial charge >= 0.3 is 6.09 Å². The lowest BCUT2D eigenvalue weighted by Gasteiger charge is -2.33. The first-order valence-electron chi connectivity index (χ1n) is 6.66. The van der Waals surface area contributed by atoms with Gasteiger partial charge in [-0.15, -0.1) is 0 Å². The molecule has 0 unspecified atom stereocenters. The van der Waals surface area contributed by atoms with Gasteiger partial charge in [0.25, 0.3) is 0 Å². The number of likely N-dealkylation sites (tertiary alicyclic amines) is 1. The van der Waals surface area contributed by atoms with Crippen LogP contribution in [0.3, 0.4) is 0 Å². The highest BCUT2D eigenvalue weighted by Gasteiger charge is 2.31. The first kappa shape index (κ1) is 16.9. The van der Waals surface area contributed by atoms with Crippen molar-refractivity contribution < 1.29 is 22.7 Å². The number of ether oxygens (including phenoxy) is 1. The van der Waals surface area contributed by atoms with E-state index in [-0.39, 0.29) is 12.3 Å². The van der Waals surface area contributed by atoms with Gasteiger partial charge in [-0.05, 0) is 33.6 Å². The summed E-state index contributed by atoms with van der Waals surface area (Å²) in [6.07, 6.45) is 1.89. The molecule has 1 saturated heterocycles. The highest BCUT2D eigenvalue weighted by Crippen LogP contribution is 2.20. The molecule has 0 spiro atoms. The highest BCUT2D eigenvalue weighted by atomic mass is 32.2. The lowest BCUT2D eigenvalue weighted by Crippen LogP contribution is -2.45. The van der Waals surface area contributed by atoms with Crippen LogP contribution in [0.25, 0.3) is 0 Å². The van der Waals surface area contributed by atoms with Crippen molar-refractivity contribution in [2.75, 3.05) is 25.1 Å². The van der Waals surface area contributed by atoms with E-state index < -0.39 is 33.2 Å². The fraction of sp³-hybridized carbons (Fsp3) is 0.846. The van der Waals surface area contributed by atoms with Crippen molar-refractivity contribution in [1.29, 1.82) is 0 Å². The van der Waals surface area contributed by atoms with Gasteiger partial charge in [-0.2, -0.15) is 0 Å². The lowest BCUT2D eigenvalue weighted by molar-refractivity contribution is -0.121. The number of nitrogens with zero attached hydrogens (tertiary/aromatic N) is 1. The Kier molecular flexibility index (Phi) is 5.18. The van der Waals surface area contributed by atoms with Gasteiger partial charge < -0.3 is 9.64 Å². The molecule has 0 aromatic rings. The van der Waals surface area contributed by atoms with Crippen LogP contribution in [0.5, 0.6) is 0 Å². The zero-order valence-corrected chi connectivity index (χ0v) is 13.3. The van der Waals surface area contributed by atoms with E-state index in [0.29, 0.717) is 19.4 Å². The van der Waals surface area contributed by atoms with Crippen LogP contribution >= 0.6 is 0 Å². The Morgan fingerprint density at radius 3 is 2.40 bits per heavy atom. The summed E-state index contributed by atoms with van der Waals surface area (Å²) in [6.45, 7) is 6.12. The van der Waals surface area contributed by atoms with E-state index >= 15 is 0 Å². The molecular formula is C13H23NO5S. The van der Waals surface area contributed by atoms with E-state index in [2.05, 4.69) is 0 Å². The first-order chi connectivity index (χ1) is 8.98. The Bertz CT molecular complexity index is 477. The number of sulfone groups is 1. The van der Waals surface area contributed by atoms with Crippen LogP contribution in [0.4, 0.5) is 4.79 Å². The molecule has 7 heteroatoms. The number of Topliss-reactive ketones (excluding diaryl/α,β-unsaturated/α-hetero) is 1. The molecule has 1 fully saturated rings. The molecule has 20 heavy (non-hydrogen) atoms. The Morgan fingerprint density at radius 1 is 1.30 bits per heavy atom. The molecule has 0 bridgehead atoms. The normalized spacial score (nSPS) is 20.6. The largest absolute Gasteiger partial charge is 0.444 e. The molecule has 1 rings (SSSR count). The lowest BCUT2D eigenvalue weighted by atomic mass is 9.95. The van der Waals surface area contributed by atoms with E-state index in [1.54, 1.807) is 20.8 Å². The van der Waals surface area contributed by atoms with Crippen LogP contribution in [0.2, 0.25) is 0 Å². The zero-order chi connectivity index (χ0) is 15.6. The predicted octanol–water partition coefficient (Wildman–Crippen LogP) is 1.25. The molecule has 1 heterocycles. The number of amides is 1. The van der Waals surface area contributed by atoms with Crippen LogP contribution in [-0.2, 0) is 19.4 Å². The molecule has 0 saturated carbocycles. The van der Waals surface area contributed by atoms with Crippen LogP contribution in [0, 0.1) is 5.92 Å². The zero-order valence-electron chi connectivity index (χ0n) is 12.5. The Morgan fingerprint density at radius 2 is 1.90 bits per heavy atom. The highest BCUT2D eigenvalue weighted by molar-refractivity contribution is 7.91. The molecule has 1 aliphatic rings. The summed E-state index contributed by atoms with van der Waals surface area (Å²) in [5, 5.41) is 0. The van der Waals surface area contributed by atoms with Gasteiger partial charge in [-0.3, -0.25) is 4.79 Å². The molecule has 6 nitrogen and oxygen atoms in total. The third-order valence-corrected chi connectivity index (χ3v) is 3.74. The minimum Gasteiger partial charge on any atom is -0.444 e. The maximum Gasteiger partial charge on any atom is 0.410 e. The number of ketones is 1. The Balaban J connectivity index is 2.63. The van der Waals surface area contributed by atoms with Crippen molar-refractivity contribution in [3.05, 3.63) is 0 Å². The van der Waals surface area contributed by atoms with Crippen molar-refractivity contribution in [1.82, 2.24) is 4.90 Å². The quantitative estimate of drug-likeness (QED) is 0.784. The van der Waals surface area contributed by atoms with Crippen molar-refractivity contribution in [2.45, 2.75) is 39.2 Å². The smallest absolute Gasteiger partial charge is 0.410 e. The number of piperidine rings is 1. The summed E-state index contributed by atoms with van der Waals surface area (Å²) in [6, 6.07) is 0. The molecule has 0 N–H and O–H groups in total. The standard InChI is InChI=1S/C13H23NO5S/c1-13(2,3)19-12(16)14-7-5-6-10(8-14)11(15)9-20(4,17)18/h10H,5-9H2,1-4H3/t10-/m1/s1. The van der Waals surface area contributed by atoms with E-state index in [4.69, 9.17) is 4.74 Å². The van der Waals surface area contributed by atoms with Gasteiger partial charge in [0.1, 0.15) is 11.4 Å².